The molecule has 0 saturated heterocycles. The fourth-order valence-corrected chi connectivity index (χ4v) is 3.52. The van der Waals surface area contributed by atoms with E-state index in [2.05, 4.69) is 13.8 Å². The summed E-state index contributed by atoms with van der Waals surface area (Å²) in [5, 5.41) is 0. The molecule has 20 heavy (non-hydrogen) atoms. The van der Waals surface area contributed by atoms with Crippen molar-refractivity contribution in [3.05, 3.63) is 35.1 Å². The van der Waals surface area contributed by atoms with Gasteiger partial charge in [0.1, 0.15) is 5.82 Å². The molecular formula is C18H28FN. The Labute approximate surface area is 122 Å². The molecule has 1 nitrogen and oxygen atoms in total. The molecule has 1 unspecified atom stereocenters. The SMILES string of the molecule is Cc1ccc(F)cc1CC(N)C1CCC(C(C)C)CC1. The molecule has 1 aliphatic carbocycles. The van der Waals surface area contributed by atoms with Gasteiger partial charge in [-0.1, -0.05) is 19.9 Å². The van der Waals surface area contributed by atoms with E-state index < -0.39 is 0 Å². The molecular weight excluding hydrogens is 249 g/mol. The lowest BCUT2D eigenvalue weighted by atomic mass is 9.74. The standard InChI is InChI=1S/C18H28FN/c1-12(2)14-5-7-15(8-6-14)18(20)11-16-10-17(19)9-4-13(16)3/h4,9-10,12,14-15,18H,5-8,11,20H2,1-3H3. The van der Waals surface area contributed by atoms with E-state index in [0.29, 0.717) is 5.92 Å². The molecule has 0 amide bonds. The van der Waals surface area contributed by atoms with Crippen LogP contribution in [0.5, 0.6) is 0 Å². The van der Waals surface area contributed by atoms with Crippen molar-refractivity contribution in [2.45, 2.75) is 58.9 Å². The number of hydrogen-bond donors (Lipinski definition) is 1. The second-order valence-corrected chi connectivity index (χ2v) is 6.86. The Morgan fingerprint density at radius 3 is 2.35 bits per heavy atom. The Bertz CT molecular complexity index is 433. The molecule has 0 radical (unpaired) electrons. The van der Waals surface area contributed by atoms with E-state index in [1.807, 2.05) is 13.0 Å². The maximum absolute atomic E-state index is 13.3. The van der Waals surface area contributed by atoms with E-state index in [1.54, 1.807) is 6.07 Å². The molecule has 1 atom stereocenters. The number of halogens is 1. The van der Waals surface area contributed by atoms with Gasteiger partial charge in [0.25, 0.3) is 0 Å². The second kappa shape index (κ2) is 6.71. The van der Waals surface area contributed by atoms with Crippen LogP contribution in [0.3, 0.4) is 0 Å². The first-order valence-corrected chi connectivity index (χ1v) is 7.98. The summed E-state index contributed by atoms with van der Waals surface area (Å²) >= 11 is 0. The van der Waals surface area contributed by atoms with E-state index >= 15 is 0 Å². The summed E-state index contributed by atoms with van der Waals surface area (Å²) < 4.78 is 13.3. The van der Waals surface area contributed by atoms with Gasteiger partial charge in [-0.25, -0.2) is 4.39 Å². The first-order valence-electron chi connectivity index (χ1n) is 7.98. The molecule has 1 fully saturated rings. The van der Waals surface area contributed by atoms with E-state index in [-0.39, 0.29) is 11.9 Å². The van der Waals surface area contributed by atoms with Crippen LogP contribution < -0.4 is 5.73 Å². The summed E-state index contributed by atoms with van der Waals surface area (Å²) in [5.74, 6) is 2.11. The lowest BCUT2D eigenvalue weighted by Gasteiger charge is -2.34. The van der Waals surface area contributed by atoms with E-state index in [1.165, 1.54) is 31.7 Å². The zero-order chi connectivity index (χ0) is 14.7. The highest BCUT2D eigenvalue weighted by atomic mass is 19.1. The van der Waals surface area contributed by atoms with Crippen molar-refractivity contribution in [3.8, 4) is 0 Å². The third-order valence-corrected chi connectivity index (χ3v) is 5.13. The van der Waals surface area contributed by atoms with Crippen molar-refractivity contribution in [1.82, 2.24) is 0 Å². The monoisotopic (exact) mass is 277 g/mol. The van der Waals surface area contributed by atoms with Crippen LogP contribution in [0.2, 0.25) is 0 Å². The van der Waals surface area contributed by atoms with Gasteiger partial charge in [-0.15, -0.1) is 0 Å². The first kappa shape index (κ1) is 15.5. The fourth-order valence-electron chi connectivity index (χ4n) is 3.52. The van der Waals surface area contributed by atoms with Crippen LogP contribution in [0.1, 0.15) is 50.7 Å². The van der Waals surface area contributed by atoms with Crippen LogP contribution >= 0.6 is 0 Å². The van der Waals surface area contributed by atoms with Gasteiger partial charge in [0.15, 0.2) is 0 Å². The van der Waals surface area contributed by atoms with Crippen LogP contribution in [0.15, 0.2) is 18.2 Å². The number of benzene rings is 1. The van der Waals surface area contributed by atoms with E-state index in [4.69, 9.17) is 5.73 Å². The summed E-state index contributed by atoms with van der Waals surface area (Å²) in [7, 11) is 0. The van der Waals surface area contributed by atoms with Gasteiger partial charge in [0.2, 0.25) is 0 Å². The zero-order valence-electron chi connectivity index (χ0n) is 13.0. The minimum Gasteiger partial charge on any atom is -0.327 e. The molecule has 0 bridgehead atoms. The molecule has 1 aliphatic rings. The highest BCUT2D eigenvalue weighted by molar-refractivity contribution is 5.27. The smallest absolute Gasteiger partial charge is 0.123 e. The normalized spacial score (nSPS) is 24.9. The van der Waals surface area contributed by atoms with Gasteiger partial charge >= 0.3 is 0 Å². The predicted octanol–water partition coefficient (Wildman–Crippen LogP) is 4.47. The summed E-state index contributed by atoms with van der Waals surface area (Å²) in [6.07, 6.45) is 5.88. The van der Waals surface area contributed by atoms with Crippen molar-refractivity contribution in [2.24, 2.45) is 23.5 Å². The van der Waals surface area contributed by atoms with Crippen molar-refractivity contribution in [2.75, 3.05) is 0 Å². The van der Waals surface area contributed by atoms with Crippen molar-refractivity contribution < 1.29 is 4.39 Å². The largest absolute Gasteiger partial charge is 0.327 e. The third-order valence-electron chi connectivity index (χ3n) is 5.13. The molecule has 0 aliphatic heterocycles. The molecule has 2 N–H and O–H groups in total. The molecule has 1 aromatic rings. The highest BCUT2D eigenvalue weighted by Gasteiger charge is 2.27. The van der Waals surface area contributed by atoms with Gasteiger partial charge in [0.05, 0.1) is 0 Å². The van der Waals surface area contributed by atoms with Crippen LogP contribution in [0, 0.1) is 30.5 Å². The predicted molar refractivity (Wildman–Crippen MR) is 83.1 cm³/mol. The lowest BCUT2D eigenvalue weighted by molar-refractivity contribution is 0.202. The van der Waals surface area contributed by atoms with E-state index in [0.717, 1.165) is 29.4 Å². The van der Waals surface area contributed by atoms with E-state index in [9.17, 15) is 4.39 Å². The third kappa shape index (κ3) is 3.82. The van der Waals surface area contributed by atoms with Crippen molar-refractivity contribution in [3.63, 3.8) is 0 Å². The minimum absolute atomic E-state index is 0.152. The zero-order valence-corrected chi connectivity index (χ0v) is 13.0. The fraction of sp³-hybridized carbons (Fsp3) is 0.667. The highest BCUT2D eigenvalue weighted by Crippen LogP contribution is 2.35. The molecule has 1 aromatic carbocycles. The molecule has 1 saturated carbocycles. The minimum atomic E-state index is -0.152. The average Bonchev–Trinajstić information content (AvgIpc) is 2.43. The number of aryl methyl sites for hydroxylation is 1. The molecule has 2 rings (SSSR count). The molecule has 0 aromatic heterocycles. The topological polar surface area (TPSA) is 26.0 Å². The van der Waals surface area contributed by atoms with Gasteiger partial charge < -0.3 is 5.73 Å². The Morgan fingerprint density at radius 1 is 1.15 bits per heavy atom. The number of hydrogen-bond acceptors (Lipinski definition) is 1. The summed E-state index contributed by atoms with van der Waals surface area (Å²) in [6, 6.07) is 5.20. The Hall–Kier alpha value is -0.890. The van der Waals surface area contributed by atoms with Crippen molar-refractivity contribution in [1.29, 1.82) is 0 Å². The number of rotatable bonds is 4. The summed E-state index contributed by atoms with van der Waals surface area (Å²) in [6.45, 7) is 6.68. The Morgan fingerprint density at radius 2 is 1.75 bits per heavy atom. The first-order chi connectivity index (χ1) is 9.47. The molecule has 112 valence electrons. The summed E-state index contributed by atoms with van der Waals surface area (Å²) in [4.78, 5) is 0. The molecule has 2 heteroatoms. The Balaban J connectivity index is 1.92. The van der Waals surface area contributed by atoms with Gasteiger partial charge in [-0.05, 0) is 80.0 Å². The Kier molecular flexibility index (Phi) is 5.20. The van der Waals surface area contributed by atoms with Crippen LogP contribution in [-0.2, 0) is 6.42 Å². The maximum Gasteiger partial charge on any atom is 0.123 e. The number of nitrogens with two attached hydrogens (primary N) is 1. The second-order valence-electron chi connectivity index (χ2n) is 6.86. The molecule has 0 heterocycles. The van der Waals surface area contributed by atoms with Crippen molar-refractivity contribution >= 4 is 0 Å². The summed E-state index contributed by atoms with van der Waals surface area (Å²) in [5.41, 5.74) is 8.62. The lowest BCUT2D eigenvalue weighted by Crippen LogP contribution is -2.35. The average molecular weight is 277 g/mol. The van der Waals surface area contributed by atoms with Gasteiger partial charge in [-0.3, -0.25) is 0 Å². The quantitative estimate of drug-likeness (QED) is 0.863. The van der Waals surface area contributed by atoms with Crippen LogP contribution in [0.4, 0.5) is 4.39 Å². The van der Waals surface area contributed by atoms with Gasteiger partial charge in [0, 0.05) is 6.04 Å². The van der Waals surface area contributed by atoms with Crippen LogP contribution in [-0.4, -0.2) is 6.04 Å². The maximum atomic E-state index is 13.3. The van der Waals surface area contributed by atoms with Gasteiger partial charge in [-0.2, -0.15) is 0 Å². The van der Waals surface area contributed by atoms with Crippen LogP contribution in [0.25, 0.3) is 0 Å². The molecule has 0 spiro atoms.